The highest BCUT2D eigenvalue weighted by Gasteiger charge is 2.16. The molecule has 0 aliphatic carbocycles. The molecule has 2 N–H and O–H groups in total. The van der Waals surface area contributed by atoms with Gasteiger partial charge in [-0.15, -0.1) is 10.2 Å². The fourth-order valence-corrected chi connectivity index (χ4v) is 4.44. The van der Waals surface area contributed by atoms with Crippen LogP contribution in [0.3, 0.4) is 0 Å². The van der Waals surface area contributed by atoms with E-state index >= 15 is 0 Å². The van der Waals surface area contributed by atoms with Crippen molar-refractivity contribution in [3.63, 3.8) is 0 Å². The first-order valence-electron chi connectivity index (χ1n) is 15.3. The first kappa shape index (κ1) is 34.2. The zero-order valence-electron chi connectivity index (χ0n) is 26.5. The molecule has 1 aromatic heterocycles. The lowest BCUT2D eigenvalue weighted by Gasteiger charge is -2.18. The third kappa shape index (κ3) is 10.8. The van der Waals surface area contributed by atoms with Gasteiger partial charge in [-0.1, -0.05) is 89.8 Å². The molecule has 0 aliphatic rings. The van der Waals surface area contributed by atoms with Crippen LogP contribution < -0.4 is 10.1 Å². The summed E-state index contributed by atoms with van der Waals surface area (Å²) < 4.78 is 11.6. The van der Waals surface area contributed by atoms with Gasteiger partial charge in [0, 0.05) is 16.7 Å². The van der Waals surface area contributed by atoms with Crippen LogP contribution in [-0.4, -0.2) is 47.3 Å². The number of aldehydes is 1. The molecule has 1 heterocycles. The smallest absolute Gasteiger partial charge is 0.321 e. The van der Waals surface area contributed by atoms with E-state index in [0.29, 0.717) is 18.2 Å². The van der Waals surface area contributed by atoms with Crippen LogP contribution in [0.5, 0.6) is 5.75 Å². The average molecular weight is 600 g/mol. The summed E-state index contributed by atoms with van der Waals surface area (Å²) in [6.45, 7) is 9.41. The Bertz CT molecular complexity index is 1420. The number of carbonyl (C=O) groups is 2. The third-order valence-electron chi connectivity index (χ3n) is 7.24. The molecular formula is C36H45N3O5. The van der Waals surface area contributed by atoms with Crippen molar-refractivity contribution in [2.75, 3.05) is 13.7 Å². The average Bonchev–Trinajstić information content (AvgIpc) is 3.52. The van der Waals surface area contributed by atoms with Crippen LogP contribution in [0.2, 0.25) is 0 Å². The van der Waals surface area contributed by atoms with Crippen LogP contribution in [0.15, 0.2) is 77.2 Å². The predicted octanol–water partition coefficient (Wildman–Crippen LogP) is 7.76. The van der Waals surface area contributed by atoms with Crippen LogP contribution in [0.4, 0.5) is 0 Å². The molecule has 0 spiro atoms. The fourth-order valence-electron chi connectivity index (χ4n) is 4.44. The number of likely N-dealkylation sites (N-methyl/N-ethyl adjacent to an activating group) is 1. The van der Waals surface area contributed by atoms with Gasteiger partial charge in [0.2, 0.25) is 11.8 Å². The summed E-state index contributed by atoms with van der Waals surface area (Å²) in [6.07, 6.45) is 7.33. The number of rotatable bonds is 14. The SMILES string of the molecule is CC(C)(C)c1ccc(C=O)cc1.CCCCCCCOc1ccc(-c2nnc(-c3ccc(CC(NC)C(=O)O)cc3)o2)cc1. The van der Waals surface area contributed by atoms with Crippen molar-refractivity contribution < 1.29 is 23.8 Å². The van der Waals surface area contributed by atoms with E-state index in [1.165, 1.54) is 31.2 Å². The molecular weight excluding hydrogens is 554 g/mol. The van der Waals surface area contributed by atoms with Gasteiger partial charge >= 0.3 is 5.97 Å². The zero-order chi connectivity index (χ0) is 32.0. The van der Waals surface area contributed by atoms with E-state index in [0.717, 1.165) is 47.3 Å². The summed E-state index contributed by atoms with van der Waals surface area (Å²) in [7, 11) is 1.64. The van der Waals surface area contributed by atoms with E-state index in [1.54, 1.807) is 7.05 Å². The molecule has 1 atom stereocenters. The molecule has 3 aromatic carbocycles. The van der Waals surface area contributed by atoms with Gasteiger partial charge in [0.1, 0.15) is 18.1 Å². The van der Waals surface area contributed by atoms with Crippen LogP contribution in [0, 0.1) is 0 Å². The molecule has 4 aromatic rings. The summed E-state index contributed by atoms with van der Waals surface area (Å²) in [5.41, 5.74) is 4.69. The van der Waals surface area contributed by atoms with E-state index < -0.39 is 12.0 Å². The quantitative estimate of drug-likeness (QED) is 0.112. The Hall–Kier alpha value is -4.30. The number of unbranched alkanes of at least 4 members (excludes halogenated alkanes) is 4. The van der Waals surface area contributed by atoms with Gasteiger partial charge in [0.05, 0.1) is 6.61 Å². The summed E-state index contributed by atoms with van der Waals surface area (Å²) >= 11 is 0. The second kappa shape index (κ2) is 17.1. The number of ether oxygens (including phenoxy) is 1. The Balaban J connectivity index is 0.000000369. The number of carboxylic acid groups (broad SMARTS) is 1. The van der Waals surface area contributed by atoms with Crippen molar-refractivity contribution in [1.82, 2.24) is 15.5 Å². The number of aliphatic carboxylic acids is 1. The monoisotopic (exact) mass is 599 g/mol. The molecule has 234 valence electrons. The highest BCUT2D eigenvalue weighted by Crippen LogP contribution is 2.26. The van der Waals surface area contributed by atoms with Gasteiger partial charge in [0.25, 0.3) is 0 Å². The maximum Gasteiger partial charge on any atom is 0.321 e. The summed E-state index contributed by atoms with van der Waals surface area (Å²) in [5, 5.41) is 20.3. The van der Waals surface area contributed by atoms with E-state index in [2.05, 4.69) is 43.2 Å². The molecule has 0 saturated heterocycles. The zero-order valence-corrected chi connectivity index (χ0v) is 26.5. The largest absolute Gasteiger partial charge is 0.494 e. The standard InChI is InChI=1S/C25H31N3O4.C11H14O/c1-3-4-5-6-7-16-31-21-14-12-20(13-15-21)24-28-27-23(32-24)19-10-8-18(9-11-19)17-22(26-2)25(29)30;1-11(2,3)10-6-4-9(8-12)5-7-10/h8-15,22,26H,3-7,16-17H2,1-2H3,(H,29,30);4-8H,1-3H3. The van der Waals surface area contributed by atoms with E-state index in [4.69, 9.17) is 9.15 Å². The summed E-state index contributed by atoms with van der Waals surface area (Å²) in [6, 6.07) is 22.2. The van der Waals surface area contributed by atoms with Gasteiger partial charge in [-0.3, -0.25) is 9.59 Å². The first-order valence-corrected chi connectivity index (χ1v) is 15.3. The molecule has 0 bridgehead atoms. The molecule has 1 unspecified atom stereocenters. The molecule has 0 radical (unpaired) electrons. The molecule has 8 nitrogen and oxygen atoms in total. The number of nitrogens with one attached hydrogen (secondary N) is 1. The molecule has 0 fully saturated rings. The van der Waals surface area contributed by atoms with Crippen LogP contribution in [0.25, 0.3) is 22.9 Å². The van der Waals surface area contributed by atoms with Crippen LogP contribution >= 0.6 is 0 Å². The maximum absolute atomic E-state index is 11.2. The van der Waals surface area contributed by atoms with Crippen LogP contribution in [0.1, 0.15) is 81.3 Å². The minimum Gasteiger partial charge on any atom is -0.494 e. The third-order valence-corrected chi connectivity index (χ3v) is 7.24. The number of aromatic nitrogens is 2. The van der Waals surface area contributed by atoms with Gasteiger partial charge < -0.3 is 19.6 Å². The topological polar surface area (TPSA) is 115 Å². The van der Waals surface area contributed by atoms with E-state index in [1.807, 2.05) is 72.8 Å². The fraction of sp³-hybridized carbons (Fsp3) is 0.389. The second-order valence-electron chi connectivity index (χ2n) is 11.8. The van der Waals surface area contributed by atoms with Gasteiger partial charge in [-0.25, -0.2) is 0 Å². The number of carboxylic acids is 1. The second-order valence-corrected chi connectivity index (χ2v) is 11.8. The minimum atomic E-state index is -0.874. The van der Waals surface area contributed by atoms with E-state index in [9.17, 15) is 14.7 Å². The molecule has 4 rings (SSSR count). The number of nitrogens with zero attached hydrogens (tertiary/aromatic N) is 2. The Kier molecular flexibility index (Phi) is 13.3. The van der Waals surface area contributed by atoms with Crippen molar-refractivity contribution in [2.45, 2.75) is 77.7 Å². The van der Waals surface area contributed by atoms with Gasteiger partial charge in [-0.2, -0.15) is 0 Å². The highest BCUT2D eigenvalue weighted by molar-refractivity contribution is 5.75. The van der Waals surface area contributed by atoms with Crippen molar-refractivity contribution in [3.8, 4) is 28.7 Å². The van der Waals surface area contributed by atoms with Crippen molar-refractivity contribution in [1.29, 1.82) is 0 Å². The number of hydrogen-bond acceptors (Lipinski definition) is 7. The lowest BCUT2D eigenvalue weighted by molar-refractivity contribution is -0.139. The Morgan fingerprint density at radius 3 is 1.95 bits per heavy atom. The van der Waals surface area contributed by atoms with Gasteiger partial charge in [-0.05, 0) is 72.8 Å². The van der Waals surface area contributed by atoms with E-state index in [-0.39, 0.29) is 5.41 Å². The van der Waals surface area contributed by atoms with Crippen molar-refractivity contribution in [3.05, 3.63) is 89.5 Å². The minimum absolute atomic E-state index is 0.168. The lowest BCUT2D eigenvalue weighted by Crippen LogP contribution is -2.35. The first-order chi connectivity index (χ1) is 21.1. The van der Waals surface area contributed by atoms with Gasteiger partial charge in [0.15, 0.2) is 0 Å². The molecule has 44 heavy (non-hydrogen) atoms. The molecule has 8 heteroatoms. The number of carbonyl (C=O) groups excluding carboxylic acids is 1. The Morgan fingerprint density at radius 1 is 0.886 bits per heavy atom. The Morgan fingerprint density at radius 2 is 1.45 bits per heavy atom. The number of hydrogen-bond donors (Lipinski definition) is 2. The molecule has 0 amide bonds. The summed E-state index contributed by atoms with van der Waals surface area (Å²) in [4.78, 5) is 21.5. The molecule has 0 aliphatic heterocycles. The number of benzene rings is 3. The van der Waals surface area contributed by atoms with Crippen molar-refractivity contribution >= 4 is 12.3 Å². The Labute approximate surface area is 260 Å². The lowest BCUT2D eigenvalue weighted by atomic mass is 9.87. The van der Waals surface area contributed by atoms with Crippen molar-refractivity contribution in [2.24, 2.45) is 0 Å². The molecule has 0 saturated carbocycles. The van der Waals surface area contributed by atoms with Crippen LogP contribution in [-0.2, 0) is 16.6 Å². The summed E-state index contributed by atoms with van der Waals surface area (Å²) in [5.74, 6) is 0.820. The predicted molar refractivity (Wildman–Crippen MR) is 174 cm³/mol. The normalized spacial score (nSPS) is 11.8. The highest BCUT2D eigenvalue weighted by atomic mass is 16.5. The maximum atomic E-state index is 11.2.